The number of piperidine rings is 1. The number of nitrogens with zero attached hydrogens (tertiary/aromatic N) is 1. The zero-order valence-corrected chi connectivity index (χ0v) is 12.3. The molecule has 1 aromatic rings. The molecular formula is C17H21NO3. The SMILES string of the molecule is Cc1cccc2c1OC1(C=C2)CCN(CCC(=O)O)CC1. The molecule has 1 spiro atoms. The maximum Gasteiger partial charge on any atom is 0.304 e. The van der Waals surface area contributed by atoms with Crippen molar-refractivity contribution in [3.8, 4) is 5.75 Å². The van der Waals surface area contributed by atoms with Crippen LogP contribution in [0.4, 0.5) is 0 Å². The predicted octanol–water partition coefficient (Wildman–Crippen LogP) is 2.71. The van der Waals surface area contributed by atoms with E-state index in [2.05, 4.69) is 36.1 Å². The number of para-hydroxylation sites is 1. The Bertz CT molecular complexity index is 571. The number of benzene rings is 1. The second-order valence-corrected chi connectivity index (χ2v) is 5.98. The molecule has 0 bridgehead atoms. The lowest BCUT2D eigenvalue weighted by molar-refractivity contribution is -0.137. The molecule has 2 heterocycles. The van der Waals surface area contributed by atoms with Crippen LogP contribution in [0.5, 0.6) is 5.75 Å². The molecule has 0 amide bonds. The van der Waals surface area contributed by atoms with Crippen LogP contribution in [-0.2, 0) is 4.79 Å². The molecule has 0 aromatic heterocycles. The minimum atomic E-state index is -0.728. The molecule has 1 aromatic carbocycles. The number of hydrogen-bond donors (Lipinski definition) is 1. The van der Waals surface area contributed by atoms with Crippen LogP contribution < -0.4 is 4.74 Å². The number of aryl methyl sites for hydroxylation is 1. The number of carboxylic acid groups (broad SMARTS) is 1. The van der Waals surface area contributed by atoms with E-state index < -0.39 is 5.97 Å². The van der Waals surface area contributed by atoms with E-state index in [1.54, 1.807) is 0 Å². The van der Waals surface area contributed by atoms with Crippen molar-refractivity contribution in [2.75, 3.05) is 19.6 Å². The topological polar surface area (TPSA) is 49.8 Å². The quantitative estimate of drug-likeness (QED) is 0.928. The van der Waals surface area contributed by atoms with Gasteiger partial charge in [0.25, 0.3) is 0 Å². The Kier molecular flexibility index (Phi) is 3.72. The molecule has 0 unspecified atom stereocenters. The highest BCUT2D eigenvalue weighted by Crippen LogP contribution is 2.38. The second kappa shape index (κ2) is 5.53. The summed E-state index contributed by atoms with van der Waals surface area (Å²) in [6.45, 7) is 4.48. The van der Waals surface area contributed by atoms with Crippen LogP contribution in [0.3, 0.4) is 0 Å². The predicted molar refractivity (Wildman–Crippen MR) is 81.5 cm³/mol. The number of ether oxygens (including phenoxy) is 1. The summed E-state index contributed by atoms with van der Waals surface area (Å²) in [5, 5.41) is 8.76. The molecular weight excluding hydrogens is 266 g/mol. The highest BCUT2D eigenvalue weighted by atomic mass is 16.5. The number of rotatable bonds is 3. The van der Waals surface area contributed by atoms with Crippen molar-refractivity contribution in [2.45, 2.75) is 31.8 Å². The van der Waals surface area contributed by atoms with Crippen molar-refractivity contribution < 1.29 is 14.6 Å². The highest BCUT2D eigenvalue weighted by molar-refractivity contribution is 5.67. The average Bonchev–Trinajstić information content (AvgIpc) is 2.48. The molecule has 2 aliphatic rings. The maximum absolute atomic E-state index is 10.6. The molecule has 0 aliphatic carbocycles. The fraction of sp³-hybridized carbons (Fsp3) is 0.471. The number of fused-ring (bicyclic) bond motifs is 1. The van der Waals surface area contributed by atoms with Crippen molar-refractivity contribution in [1.82, 2.24) is 4.90 Å². The first-order valence-corrected chi connectivity index (χ1v) is 7.50. The summed E-state index contributed by atoms with van der Waals surface area (Å²) in [5.74, 6) is 0.271. The Morgan fingerprint density at radius 1 is 1.38 bits per heavy atom. The first-order valence-electron chi connectivity index (χ1n) is 7.50. The summed E-state index contributed by atoms with van der Waals surface area (Å²) < 4.78 is 6.34. The standard InChI is InChI=1S/C17H21NO3/c1-13-3-2-4-14-5-7-17(21-16(13)14)8-11-18(12-9-17)10-6-15(19)20/h2-5,7H,6,8-12H2,1H3,(H,19,20). The molecule has 0 saturated carbocycles. The minimum Gasteiger partial charge on any atom is -0.482 e. The van der Waals surface area contributed by atoms with E-state index >= 15 is 0 Å². The molecule has 4 heteroatoms. The molecule has 0 radical (unpaired) electrons. The fourth-order valence-electron chi connectivity index (χ4n) is 3.10. The van der Waals surface area contributed by atoms with Gasteiger partial charge in [0.15, 0.2) is 0 Å². The van der Waals surface area contributed by atoms with Crippen LogP contribution >= 0.6 is 0 Å². The maximum atomic E-state index is 10.6. The van der Waals surface area contributed by atoms with Crippen LogP contribution in [0.1, 0.15) is 30.4 Å². The third-order valence-electron chi connectivity index (χ3n) is 4.46. The first-order chi connectivity index (χ1) is 10.1. The van der Waals surface area contributed by atoms with E-state index in [-0.39, 0.29) is 12.0 Å². The summed E-state index contributed by atoms with van der Waals surface area (Å²) in [6, 6.07) is 6.20. The molecule has 1 N–H and O–H groups in total. The molecule has 0 atom stereocenters. The molecule has 1 saturated heterocycles. The Morgan fingerprint density at radius 2 is 2.14 bits per heavy atom. The first kappa shape index (κ1) is 14.1. The number of carboxylic acids is 1. The third-order valence-corrected chi connectivity index (χ3v) is 4.46. The van der Waals surface area contributed by atoms with E-state index in [9.17, 15) is 4.79 Å². The van der Waals surface area contributed by atoms with E-state index in [0.717, 1.165) is 37.2 Å². The lowest BCUT2D eigenvalue weighted by Gasteiger charge is -2.42. The van der Waals surface area contributed by atoms with Gasteiger partial charge in [-0.25, -0.2) is 0 Å². The van der Waals surface area contributed by atoms with Gasteiger partial charge in [-0.15, -0.1) is 0 Å². The summed E-state index contributed by atoms with van der Waals surface area (Å²) in [7, 11) is 0. The van der Waals surface area contributed by atoms with E-state index in [1.807, 2.05) is 6.07 Å². The number of carbonyl (C=O) groups is 1. The number of hydrogen-bond acceptors (Lipinski definition) is 3. The molecule has 2 aliphatic heterocycles. The fourth-order valence-corrected chi connectivity index (χ4v) is 3.10. The summed E-state index contributed by atoms with van der Waals surface area (Å²) in [5.41, 5.74) is 2.11. The van der Waals surface area contributed by atoms with Crippen molar-refractivity contribution in [3.05, 3.63) is 35.4 Å². The van der Waals surface area contributed by atoms with Crippen molar-refractivity contribution >= 4 is 12.0 Å². The lowest BCUT2D eigenvalue weighted by atomic mass is 9.87. The Labute approximate surface area is 125 Å². The lowest BCUT2D eigenvalue weighted by Crippen LogP contribution is -2.48. The number of aliphatic carboxylic acids is 1. The van der Waals surface area contributed by atoms with E-state index in [1.165, 1.54) is 5.56 Å². The molecule has 1 fully saturated rings. The van der Waals surface area contributed by atoms with Gasteiger partial charge in [0, 0.05) is 38.0 Å². The van der Waals surface area contributed by atoms with Gasteiger partial charge in [-0.1, -0.05) is 24.3 Å². The van der Waals surface area contributed by atoms with Crippen LogP contribution in [0.25, 0.3) is 6.08 Å². The monoisotopic (exact) mass is 287 g/mol. The minimum absolute atomic E-state index is 0.209. The van der Waals surface area contributed by atoms with E-state index in [0.29, 0.717) is 6.54 Å². The Morgan fingerprint density at radius 3 is 2.86 bits per heavy atom. The van der Waals surface area contributed by atoms with Gasteiger partial charge in [0.05, 0.1) is 6.42 Å². The van der Waals surface area contributed by atoms with Crippen molar-refractivity contribution in [3.63, 3.8) is 0 Å². The third kappa shape index (κ3) is 2.95. The van der Waals surface area contributed by atoms with Crippen molar-refractivity contribution in [1.29, 1.82) is 0 Å². The highest BCUT2D eigenvalue weighted by Gasteiger charge is 2.36. The van der Waals surface area contributed by atoms with Gasteiger partial charge < -0.3 is 14.7 Å². The summed E-state index contributed by atoms with van der Waals surface area (Å²) in [4.78, 5) is 12.9. The Hall–Kier alpha value is -1.81. The number of likely N-dealkylation sites (tertiary alicyclic amines) is 1. The Balaban J connectivity index is 1.67. The zero-order chi connectivity index (χ0) is 14.9. The summed E-state index contributed by atoms with van der Waals surface area (Å²) >= 11 is 0. The van der Waals surface area contributed by atoms with Crippen LogP contribution in [0.2, 0.25) is 0 Å². The molecule has 3 rings (SSSR count). The van der Waals surface area contributed by atoms with Crippen LogP contribution in [-0.4, -0.2) is 41.2 Å². The van der Waals surface area contributed by atoms with Gasteiger partial charge in [-0.05, 0) is 18.6 Å². The van der Waals surface area contributed by atoms with Gasteiger partial charge in [-0.3, -0.25) is 4.79 Å². The largest absolute Gasteiger partial charge is 0.482 e. The van der Waals surface area contributed by atoms with Gasteiger partial charge in [0.1, 0.15) is 11.4 Å². The molecule has 112 valence electrons. The normalized spacial score (nSPS) is 20.0. The van der Waals surface area contributed by atoms with Gasteiger partial charge >= 0.3 is 5.97 Å². The van der Waals surface area contributed by atoms with Crippen molar-refractivity contribution in [2.24, 2.45) is 0 Å². The summed E-state index contributed by atoms with van der Waals surface area (Å²) in [6.07, 6.45) is 6.39. The zero-order valence-electron chi connectivity index (χ0n) is 12.3. The van der Waals surface area contributed by atoms with Gasteiger partial charge in [-0.2, -0.15) is 0 Å². The van der Waals surface area contributed by atoms with Crippen LogP contribution in [0.15, 0.2) is 24.3 Å². The molecule has 21 heavy (non-hydrogen) atoms. The van der Waals surface area contributed by atoms with Crippen LogP contribution in [0, 0.1) is 6.92 Å². The van der Waals surface area contributed by atoms with E-state index in [4.69, 9.17) is 9.84 Å². The smallest absolute Gasteiger partial charge is 0.304 e. The van der Waals surface area contributed by atoms with Gasteiger partial charge in [0.2, 0.25) is 0 Å². The molecule has 4 nitrogen and oxygen atoms in total. The average molecular weight is 287 g/mol. The second-order valence-electron chi connectivity index (χ2n) is 5.98.